The molecule has 0 bridgehead atoms. The van der Waals surface area contributed by atoms with Gasteiger partial charge in [0.2, 0.25) is 0 Å². The predicted molar refractivity (Wildman–Crippen MR) is 79.4 cm³/mol. The molecule has 19 heavy (non-hydrogen) atoms. The van der Waals surface area contributed by atoms with Gasteiger partial charge in [0.05, 0.1) is 16.6 Å². The molecule has 0 amide bonds. The second-order valence-corrected chi connectivity index (χ2v) is 6.02. The smallest absolute Gasteiger partial charge is 0.130 e. The summed E-state index contributed by atoms with van der Waals surface area (Å²) in [6, 6.07) is 5.89. The minimum atomic E-state index is -0.249. The summed E-state index contributed by atoms with van der Waals surface area (Å²) in [4.78, 5) is 4.81. The first-order chi connectivity index (χ1) is 9.14. The molecule has 102 valence electrons. The fourth-order valence-electron chi connectivity index (χ4n) is 3.16. The van der Waals surface area contributed by atoms with E-state index < -0.39 is 0 Å². The third-order valence-corrected chi connectivity index (χ3v) is 4.33. The Balaban J connectivity index is 2.20. The van der Waals surface area contributed by atoms with Crippen LogP contribution in [0.2, 0.25) is 5.02 Å². The van der Waals surface area contributed by atoms with Crippen LogP contribution in [0, 0.1) is 0 Å². The maximum atomic E-state index is 6.60. The molecule has 0 radical (unpaired) electrons. The van der Waals surface area contributed by atoms with Crippen molar-refractivity contribution in [1.82, 2.24) is 9.55 Å². The average molecular weight is 278 g/mol. The molecule has 3 nitrogen and oxygen atoms in total. The number of hydrogen-bond donors (Lipinski definition) is 1. The highest BCUT2D eigenvalue weighted by molar-refractivity contribution is 6.31. The van der Waals surface area contributed by atoms with Crippen LogP contribution in [0.5, 0.6) is 0 Å². The van der Waals surface area contributed by atoms with E-state index in [9.17, 15) is 0 Å². The van der Waals surface area contributed by atoms with E-state index >= 15 is 0 Å². The molecule has 1 aromatic heterocycles. The lowest BCUT2D eigenvalue weighted by Gasteiger charge is -2.24. The Morgan fingerprint density at radius 3 is 2.79 bits per heavy atom. The summed E-state index contributed by atoms with van der Waals surface area (Å²) in [7, 11) is 0. The zero-order valence-corrected chi connectivity index (χ0v) is 12.1. The highest BCUT2D eigenvalue weighted by Gasteiger charge is 2.36. The fourth-order valence-corrected chi connectivity index (χ4v) is 3.32. The van der Waals surface area contributed by atoms with E-state index in [4.69, 9.17) is 22.3 Å². The number of imidazole rings is 1. The maximum Gasteiger partial charge on any atom is 0.130 e. The molecule has 1 saturated carbocycles. The molecule has 0 saturated heterocycles. The van der Waals surface area contributed by atoms with Crippen LogP contribution in [0.3, 0.4) is 0 Å². The Morgan fingerprint density at radius 1 is 1.37 bits per heavy atom. The van der Waals surface area contributed by atoms with Gasteiger partial charge in [0.15, 0.2) is 0 Å². The SMILES string of the molecule is CCCn1c(C2(N)CCCC2)nc2ccc(Cl)cc21. The topological polar surface area (TPSA) is 43.8 Å². The average Bonchev–Trinajstić information content (AvgIpc) is 2.96. The van der Waals surface area contributed by atoms with E-state index in [1.54, 1.807) is 0 Å². The highest BCUT2D eigenvalue weighted by Crippen LogP contribution is 2.37. The first kappa shape index (κ1) is 12.9. The Labute approximate surface area is 118 Å². The second kappa shape index (κ2) is 4.80. The first-order valence-electron chi connectivity index (χ1n) is 7.09. The van der Waals surface area contributed by atoms with Crippen molar-refractivity contribution in [2.45, 2.75) is 51.1 Å². The number of benzene rings is 1. The van der Waals surface area contributed by atoms with Crippen LogP contribution < -0.4 is 5.73 Å². The van der Waals surface area contributed by atoms with Crippen LogP contribution in [0.25, 0.3) is 11.0 Å². The van der Waals surface area contributed by atoms with Crippen molar-refractivity contribution >= 4 is 22.6 Å². The molecule has 1 aliphatic carbocycles. The summed E-state index contributed by atoms with van der Waals surface area (Å²) in [5, 5.41) is 0.758. The van der Waals surface area contributed by atoms with Gasteiger partial charge >= 0.3 is 0 Å². The summed E-state index contributed by atoms with van der Waals surface area (Å²) in [6.45, 7) is 3.13. The summed E-state index contributed by atoms with van der Waals surface area (Å²) in [5.74, 6) is 1.05. The molecule has 1 fully saturated rings. The molecule has 2 aromatic rings. The summed E-state index contributed by atoms with van der Waals surface area (Å²) < 4.78 is 2.27. The van der Waals surface area contributed by atoms with Crippen molar-refractivity contribution < 1.29 is 0 Å². The van der Waals surface area contributed by atoms with E-state index in [1.807, 2.05) is 18.2 Å². The number of fused-ring (bicyclic) bond motifs is 1. The normalized spacial score (nSPS) is 18.3. The van der Waals surface area contributed by atoms with Gasteiger partial charge in [-0.3, -0.25) is 0 Å². The number of rotatable bonds is 3. The number of nitrogens with two attached hydrogens (primary N) is 1. The maximum absolute atomic E-state index is 6.60. The molecule has 1 heterocycles. The third kappa shape index (κ3) is 2.15. The van der Waals surface area contributed by atoms with Crippen LogP contribution in [0.1, 0.15) is 44.9 Å². The number of hydrogen-bond acceptors (Lipinski definition) is 2. The van der Waals surface area contributed by atoms with Gasteiger partial charge in [-0.1, -0.05) is 31.4 Å². The van der Waals surface area contributed by atoms with Crippen LogP contribution in [0.15, 0.2) is 18.2 Å². The fraction of sp³-hybridized carbons (Fsp3) is 0.533. The largest absolute Gasteiger partial charge is 0.326 e. The van der Waals surface area contributed by atoms with Gasteiger partial charge in [-0.05, 0) is 37.5 Å². The number of nitrogens with zero attached hydrogens (tertiary/aromatic N) is 2. The van der Waals surface area contributed by atoms with Crippen molar-refractivity contribution in [2.24, 2.45) is 5.73 Å². The molecule has 4 heteroatoms. The van der Waals surface area contributed by atoms with Crippen LogP contribution in [0.4, 0.5) is 0 Å². The standard InChI is InChI=1S/C15H20ClN3/c1-2-9-19-13-10-11(16)5-6-12(13)18-14(19)15(17)7-3-4-8-15/h5-6,10H,2-4,7-9,17H2,1H3. The molecule has 0 atom stereocenters. The number of halogens is 1. The van der Waals surface area contributed by atoms with E-state index in [2.05, 4.69) is 11.5 Å². The van der Waals surface area contributed by atoms with E-state index in [0.29, 0.717) is 0 Å². The van der Waals surface area contributed by atoms with Gasteiger partial charge < -0.3 is 10.3 Å². The number of aryl methyl sites for hydroxylation is 1. The summed E-state index contributed by atoms with van der Waals surface area (Å²) in [5.41, 5.74) is 8.46. The lowest BCUT2D eigenvalue weighted by atomic mass is 9.98. The summed E-state index contributed by atoms with van der Waals surface area (Å²) >= 11 is 6.12. The third-order valence-electron chi connectivity index (χ3n) is 4.10. The van der Waals surface area contributed by atoms with E-state index in [0.717, 1.165) is 47.7 Å². The van der Waals surface area contributed by atoms with Gasteiger partial charge in [0, 0.05) is 11.6 Å². The predicted octanol–water partition coefficient (Wildman–Crippen LogP) is 3.83. The van der Waals surface area contributed by atoms with Crippen molar-refractivity contribution in [3.8, 4) is 0 Å². The highest BCUT2D eigenvalue weighted by atomic mass is 35.5. The first-order valence-corrected chi connectivity index (χ1v) is 7.47. The number of aromatic nitrogens is 2. The van der Waals surface area contributed by atoms with Crippen LogP contribution in [-0.4, -0.2) is 9.55 Å². The molecule has 1 aliphatic rings. The van der Waals surface area contributed by atoms with E-state index in [1.165, 1.54) is 12.8 Å². The molecule has 3 rings (SSSR count). The molecular formula is C15H20ClN3. The zero-order valence-electron chi connectivity index (χ0n) is 11.3. The molecular weight excluding hydrogens is 258 g/mol. The lowest BCUT2D eigenvalue weighted by Crippen LogP contribution is -2.36. The van der Waals surface area contributed by atoms with Gasteiger partial charge in [-0.25, -0.2) is 4.98 Å². The van der Waals surface area contributed by atoms with Crippen molar-refractivity contribution in [3.05, 3.63) is 29.0 Å². The molecule has 1 aromatic carbocycles. The van der Waals surface area contributed by atoms with Crippen LogP contribution >= 0.6 is 11.6 Å². The minimum absolute atomic E-state index is 0.249. The zero-order chi connectivity index (χ0) is 13.5. The van der Waals surface area contributed by atoms with Gasteiger partial charge in [-0.2, -0.15) is 0 Å². The Morgan fingerprint density at radius 2 is 2.11 bits per heavy atom. The minimum Gasteiger partial charge on any atom is -0.326 e. The van der Waals surface area contributed by atoms with Gasteiger partial charge in [-0.15, -0.1) is 0 Å². The molecule has 0 spiro atoms. The van der Waals surface area contributed by atoms with Gasteiger partial charge in [0.25, 0.3) is 0 Å². The summed E-state index contributed by atoms with van der Waals surface area (Å²) in [6.07, 6.45) is 5.54. The van der Waals surface area contributed by atoms with Crippen LogP contribution in [-0.2, 0) is 12.1 Å². The Bertz CT molecular complexity index is 597. The second-order valence-electron chi connectivity index (χ2n) is 5.58. The molecule has 2 N–H and O–H groups in total. The Hall–Kier alpha value is -1.06. The van der Waals surface area contributed by atoms with Crippen molar-refractivity contribution in [3.63, 3.8) is 0 Å². The van der Waals surface area contributed by atoms with Crippen molar-refractivity contribution in [1.29, 1.82) is 0 Å². The monoisotopic (exact) mass is 277 g/mol. The van der Waals surface area contributed by atoms with Gasteiger partial charge in [0.1, 0.15) is 5.82 Å². The van der Waals surface area contributed by atoms with Crippen molar-refractivity contribution in [2.75, 3.05) is 0 Å². The van der Waals surface area contributed by atoms with E-state index in [-0.39, 0.29) is 5.54 Å². The lowest BCUT2D eigenvalue weighted by molar-refractivity contribution is 0.409. The molecule has 0 unspecified atom stereocenters. The molecule has 0 aliphatic heterocycles. The Kier molecular flexibility index (Phi) is 3.27. The quantitative estimate of drug-likeness (QED) is 0.927.